The molecule has 0 spiro atoms. The molecular weight excluding hydrogens is 955 g/mol. The van der Waals surface area contributed by atoms with Crippen molar-refractivity contribution in [2.24, 2.45) is 46.5 Å². The molecule has 0 N–H and O–H groups in total. The molecule has 0 aromatic heterocycles. The van der Waals surface area contributed by atoms with Gasteiger partial charge in [-0.05, 0) is 77.5 Å². The zero-order chi connectivity index (χ0) is 46.8. The molecule has 1 aromatic rings. The van der Waals surface area contributed by atoms with E-state index in [0.29, 0.717) is 67.9 Å². The van der Waals surface area contributed by atoms with Crippen molar-refractivity contribution < 1.29 is 54.1 Å². The van der Waals surface area contributed by atoms with E-state index in [0.717, 1.165) is 24.2 Å². The van der Waals surface area contributed by atoms with Crippen molar-refractivity contribution >= 4 is 70.4 Å². The Morgan fingerprint density at radius 3 is 0.969 bits per heavy atom. The van der Waals surface area contributed by atoms with Crippen LogP contribution in [0.2, 0.25) is 48.4 Å². The Morgan fingerprint density at radius 1 is 0.422 bits per heavy atom. The smallest absolute Gasteiger partial charge is 0.479 e. The van der Waals surface area contributed by atoms with E-state index in [2.05, 4.69) is 107 Å². The maximum absolute atomic E-state index is 8.70. The second-order valence-corrected chi connectivity index (χ2v) is 45.7. The van der Waals surface area contributed by atoms with Gasteiger partial charge in [0.15, 0.2) is 0 Å². The molecule has 16 nitrogen and oxygen atoms in total. The third kappa shape index (κ3) is 13.3. The van der Waals surface area contributed by atoms with Gasteiger partial charge in [0.05, 0.1) is 13.2 Å². The molecular formula is C40H79N3O13Si8. The second-order valence-electron chi connectivity index (χ2n) is 21.6. The Balaban J connectivity index is 1.53. The monoisotopic (exact) mass is 1030 g/mol. The van der Waals surface area contributed by atoms with E-state index in [4.69, 9.17) is 59.6 Å². The number of nitrogens with zero attached hydrogens (tertiary/aromatic N) is 3. The minimum Gasteiger partial charge on any atom is -0.494 e. The normalized spacial score (nSPS) is 36.0. The van der Waals surface area contributed by atoms with Crippen LogP contribution < -0.4 is 4.74 Å². The fourth-order valence-corrected chi connectivity index (χ4v) is 61.1. The molecule has 0 unspecified atom stereocenters. The number of hydrogen-bond donors (Lipinski definition) is 0. The van der Waals surface area contributed by atoms with E-state index in [1.165, 1.54) is 0 Å². The maximum Gasteiger partial charge on any atom is 0.479 e. The molecule has 6 saturated heterocycles. The van der Waals surface area contributed by atoms with Crippen molar-refractivity contribution in [3.05, 3.63) is 40.3 Å². The minimum atomic E-state index is -4.01. The topological polar surface area (TPSA) is 169 Å². The fraction of sp³-hybridized carbons (Fsp3) is 0.850. The number of hydrogen-bond acceptors (Lipinski definition) is 14. The van der Waals surface area contributed by atoms with Gasteiger partial charge in [-0.15, -0.1) is 0 Å². The van der Waals surface area contributed by atoms with Crippen LogP contribution in [0, 0.1) is 41.4 Å². The highest BCUT2D eigenvalue weighted by Gasteiger charge is 2.83. The third-order valence-corrected chi connectivity index (χ3v) is 51.0. The molecule has 6 heterocycles. The van der Waals surface area contributed by atoms with E-state index in [9.17, 15) is 0 Å². The first-order chi connectivity index (χ1) is 29.9. The van der Waals surface area contributed by atoms with Gasteiger partial charge in [0.1, 0.15) is 5.75 Å². The summed E-state index contributed by atoms with van der Waals surface area (Å²) >= 11 is 0. The minimum absolute atomic E-state index is 0.0992. The molecule has 6 aliphatic heterocycles. The molecule has 364 valence electrons. The lowest BCUT2D eigenvalue weighted by Gasteiger charge is -2.64. The van der Waals surface area contributed by atoms with Gasteiger partial charge in [-0.3, -0.25) is 0 Å². The third-order valence-electron chi connectivity index (χ3n) is 11.0. The molecule has 0 saturated carbocycles. The molecule has 6 aliphatic rings. The lowest BCUT2D eigenvalue weighted by atomic mass is 10.2. The molecule has 1 aromatic carbocycles. The van der Waals surface area contributed by atoms with E-state index in [1.807, 2.05) is 24.3 Å². The molecule has 7 rings (SSSR count). The summed E-state index contributed by atoms with van der Waals surface area (Å²) in [7, 11) is -31.7. The molecule has 24 heteroatoms. The van der Waals surface area contributed by atoms with Crippen LogP contribution in [0.5, 0.6) is 5.75 Å². The summed E-state index contributed by atoms with van der Waals surface area (Å²) in [5.41, 5.74) is 9.63. The average Bonchev–Trinajstić information content (AvgIpc) is 3.07. The summed E-state index contributed by atoms with van der Waals surface area (Å²) < 4.78 is 100. The molecule has 0 amide bonds. The summed E-state index contributed by atoms with van der Waals surface area (Å²) in [6, 6.07) is 11.4. The van der Waals surface area contributed by atoms with Gasteiger partial charge in [0.2, 0.25) is 0 Å². The first-order valence-corrected chi connectivity index (χ1v) is 39.5. The van der Waals surface area contributed by atoms with Gasteiger partial charge < -0.3 is 54.1 Å². The van der Waals surface area contributed by atoms with E-state index in [1.54, 1.807) is 0 Å². The van der Waals surface area contributed by atoms with Gasteiger partial charge in [-0.25, -0.2) is 0 Å². The zero-order valence-electron chi connectivity index (χ0n) is 41.2. The van der Waals surface area contributed by atoms with Crippen molar-refractivity contribution in [1.82, 2.24) is 0 Å². The van der Waals surface area contributed by atoms with Crippen molar-refractivity contribution in [3.8, 4) is 5.75 Å². The Labute approximate surface area is 392 Å². The van der Waals surface area contributed by atoms with E-state index < -0.39 is 70.4 Å². The van der Waals surface area contributed by atoms with Crippen molar-refractivity contribution in [1.29, 1.82) is 0 Å². The van der Waals surface area contributed by atoms with Gasteiger partial charge in [-0.2, -0.15) is 0 Å². The Kier molecular flexibility index (Phi) is 17.3. The number of azide groups is 1. The van der Waals surface area contributed by atoms with Crippen molar-refractivity contribution in [2.45, 2.75) is 171 Å². The van der Waals surface area contributed by atoms with Crippen molar-refractivity contribution in [2.75, 3.05) is 6.61 Å². The summed E-state index contributed by atoms with van der Waals surface area (Å²) in [5, 5.41) is 3.66. The Bertz CT molecular complexity index is 1610. The molecule has 0 radical (unpaired) electrons. The predicted molar refractivity (Wildman–Crippen MR) is 260 cm³/mol. The average molecular weight is 1030 g/mol. The first-order valence-electron chi connectivity index (χ1n) is 24.1. The van der Waals surface area contributed by atoms with Crippen LogP contribution in [-0.2, 0) is 55.9 Å². The van der Waals surface area contributed by atoms with Crippen LogP contribution in [0.3, 0.4) is 0 Å². The van der Waals surface area contributed by atoms with Crippen LogP contribution in [0.15, 0.2) is 29.4 Å². The van der Waals surface area contributed by atoms with Gasteiger partial charge >= 0.3 is 70.4 Å². The number of benzene rings is 1. The highest BCUT2D eigenvalue weighted by atomic mass is 28.6. The molecule has 8 bridgehead atoms. The fourth-order valence-electron chi connectivity index (χ4n) is 9.49. The summed E-state index contributed by atoms with van der Waals surface area (Å²) in [6.45, 7) is 31.2. The highest BCUT2D eigenvalue weighted by Crippen LogP contribution is 2.56. The van der Waals surface area contributed by atoms with Crippen LogP contribution >= 0.6 is 0 Å². The summed E-state index contributed by atoms with van der Waals surface area (Å²) in [5.74, 6) is 1.50. The molecule has 6 fully saturated rings. The lowest BCUT2D eigenvalue weighted by molar-refractivity contribution is -0.0341. The van der Waals surface area contributed by atoms with Crippen LogP contribution in [0.4, 0.5) is 0 Å². The quantitative estimate of drug-likeness (QED) is 0.0334. The van der Waals surface area contributed by atoms with Crippen LogP contribution in [0.1, 0.15) is 122 Å². The lowest BCUT2D eigenvalue weighted by Crippen LogP contribution is -2.88. The zero-order valence-corrected chi connectivity index (χ0v) is 49.2. The SMILES string of the molecule is CC(C)C[Si]12O[Si]3(CCCCCOc4ccc(CN=[N+]=[N-])cc4)O[Si]4(CC(C)C)O[Si](CC(C)C)(O1)O[Si]1(CC(C)C)O[Si](CC(C)C)(O2)O[Si](CC(C)C)(O3)O[Si](CC(C)C)(O4)O1. The first kappa shape index (κ1) is 52.9. The van der Waals surface area contributed by atoms with Gasteiger partial charge in [-0.1, -0.05) is 121 Å². The van der Waals surface area contributed by atoms with Crippen molar-refractivity contribution in [3.63, 3.8) is 0 Å². The Morgan fingerprint density at radius 2 is 0.703 bits per heavy atom. The largest absolute Gasteiger partial charge is 0.494 e. The van der Waals surface area contributed by atoms with E-state index >= 15 is 0 Å². The van der Waals surface area contributed by atoms with Gasteiger partial charge in [0, 0.05) is 53.3 Å². The molecule has 0 aliphatic carbocycles. The van der Waals surface area contributed by atoms with Crippen LogP contribution in [0.25, 0.3) is 10.4 Å². The summed E-state index contributed by atoms with van der Waals surface area (Å²) in [6.07, 6.45) is 2.30. The Hall–Kier alpha value is -0.415. The maximum atomic E-state index is 8.70. The number of rotatable bonds is 23. The molecule has 64 heavy (non-hydrogen) atoms. The number of ether oxygens (including phenoxy) is 1. The van der Waals surface area contributed by atoms with E-state index in [-0.39, 0.29) is 41.4 Å². The second kappa shape index (κ2) is 20.9. The van der Waals surface area contributed by atoms with Gasteiger partial charge in [0.25, 0.3) is 0 Å². The predicted octanol–water partition coefficient (Wildman–Crippen LogP) is 11.4. The molecule has 0 atom stereocenters. The summed E-state index contributed by atoms with van der Waals surface area (Å²) in [4.78, 5) is 2.86. The standard InChI is InChI=1S/C40H79N3O13Si8/c1-32(2)25-58-45-57(23-17-15-16-22-44-40-20-18-39(19-21-40)24-42-43-41)46-59(26-33(3)4)50-61(48-58,28-35(7)8)54-64(31-38(13)14)55-62(49-58,29-36(9)10)51-60(47-57,27-34(5)6)53-63(52-59,56-64)30-37(11)12/h18-21,32-38H,15-17,22-31H2,1-14H3. The highest BCUT2D eigenvalue weighted by molar-refractivity contribution is 7.03. The number of unbranched alkanes of at least 4 members (excludes halogenated alkanes) is 2. The van der Waals surface area contributed by atoms with Crippen LogP contribution in [-0.4, -0.2) is 77.0 Å².